The molecule has 0 aliphatic rings. The van der Waals surface area contributed by atoms with Crippen LogP contribution in [0.25, 0.3) is 0 Å². The standard InChI is InChI=1S/C64H105O11P/c1-4-7-10-13-16-19-22-25-28-29-30-31-34-37-40-43-46-49-52-55-64(68)75-61(57-71-62(66)53-50-47-44-41-38-35-32-26-23-20-17-14-11-8-5-2)59-73-76(69,70)72-58-60(56-65)74-63(67)54-51-48-45-42-39-36-33-27-24-21-18-15-12-9-6-3/h7-8,10-11,16-17,19-20,25-28,30-33,37-38,40-41,60-61,65H,4-6,9,12-15,18,21-24,29,34-36,39,42-59H2,1-3H3,(H,69,70)/b10-7-,11-8-,19-16-,20-17-,28-25-,31-30-,32-26-,33-27-,40-37-,41-38-. The van der Waals surface area contributed by atoms with E-state index in [2.05, 4.69) is 142 Å². The zero-order valence-corrected chi connectivity index (χ0v) is 48.6. The van der Waals surface area contributed by atoms with Crippen molar-refractivity contribution < 1.29 is 52.2 Å². The van der Waals surface area contributed by atoms with Crippen molar-refractivity contribution in [2.45, 2.75) is 238 Å². The first kappa shape index (κ1) is 71.9. The minimum Gasteiger partial charge on any atom is -0.462 e. The third-order valence-corrected chi connectivity index (χ3v) is 12.8. The van der Waals surface area contributed by atoms with E-state index in [4.69, 9.17) is 23.3 Å². The number of carbonyl (C=O) groups excluding carboxylic acids is 3. The molecule has 76 heavy (non-hydrogen) atoms. The molecule has 0 aliphatic carbocycles. The van der Waals surface area contributed by atoms with E-state index in [0.29, 0.717) is 19.3 Å². The van der Waals surface area contributed by atoms with E-state index in [-0.39, 0.29) is 25.9 Å². The summed E-state index contributed by atoms with van der Waals surface area (Å²) in [5, 5.41) is 9.82. The fourth-order valence-electron chi connectivity index (χ4n) is 7.43. The molecule has 0 aromatic rings. The van der Waals surface area contributed by atoms with Crippen LogP contribution in [-0.4, -0.2) is 66.5 Å². The molecule has 0 heterocycles. The highest BCUT2D eigenvalue weighted by Crippen LogP contribution is 2.43. The Labute approximate surface area is 462 Å². The molecule has 2 N–H and O–H groups in total. The number of aliphatic hydroxyl groups is 1. The molecule has 0 aromatic carbocycles. The number of allylic oxidation sites excluding steroid dienone is 20. The van der Waals surface area contributed by atoms with Crippen molar-refractivity contribution in [1.29, 1.82) is 0 Å². The zero-order chi connectivity index (χ0) is 55.5. The van der Waals surface area contributed by atoms with Gasteiger partial charge in [0.2, 0.25) is 0 Å². The van der Waals surface area contributed by atoms with Gasteiger partial charge in [-0.25, -0.2) is 4.57 Å². The van der Waals surface area contributed by atoms with Gasteiger partial charge in [0.05, 0.1) is 19.8 Å². The number of aliphatic hydroxyl groups excluding tert-OH is 1. The van der Waals surface area contributed by atoms with Gasteiger partial charge in [-0.15, -0.1) is 0 Å². The summed E-state index contributed by atoms with van der Waals surface area (Å²) in [6.07, 6.45) is 70.2. The van der Waals surface area contributed by atoms with Crippen molar-refractivity contribution in [3.05, 3.63) is 122 Å². The van der Waals surface area contributed by atoms with Crippen molar-refractivity contribution in [1.82, 2.24) is 0 Å². The zero-order valence-electron chi connectivity index (χ0n) is 47.7. The fourth-order valence-corrected chi connectivity index (χ4v) is 8.21. The van der Waals surface area contributed by atoms with E-state index >= 15 is 0 Å². The van der Waals surface area contributed by atoms with Crippen molar-refractivity contribution in [2.24, 2.45) is 0 Å². The molecule has 0 rings (SSSR count). The number of ether oxygens (including phenoxy) is 3. The molecule has 0 amide bonds. The third kappa shape index (κ3) is 54.7. The van der Waals surface area contributed by atoms with Gasteiger partial charge < -0.3 is 24.2 Å². The molecule has 0 saturated carbocycles. The molecule has 0 aromatic heterocycles. The quantitative estimate of drug-likeness (QED) is 0.0197. The van der Waals surface area contributed by atoms with Crippen molar-refractivity contribution in [3.63, 3.8) is 0 Å². The second-order valence-electron chi connectivity index (χ2n) is 19.0. The number of phosphoric ester groups is 1. The molecule has 0 radical (unpaired) electrons. The van der Waals surface area contributed by atoms with Crippen LogP contribution in [-0.2, 0) is 42.2 Å². The first-order valence-corrected chi connectivity index (χ1v) is 30.9. The Bertz CT molecular complexity index is 1740. The summed E-state index contributed by atoms with van der Waals surface area (Å²) in [5.41, 5.74) is 0. The Kier molecular flexibility index (Phi) is 54.0. The van der Waals surface area contributed by atoms with E-state index in [9.17, 15) is 28.9 Å². The highest BCUT2D eigenvalue weighted by atomic mass is 31.2. The largest absolute Gasteiger partial charge is 0.472 e. The summed E-state index contributed by atoms with van der Waals surface area (Å²) >= 11 is 0. The molecule has 0 spiro atoms. The molecule has 0 aliphatic heterocycles. The minimum atomic E-state index is -4.78. The normalized spacial score (nSPS) is 14.2. The highest BCUT2D eigenvalue weighted by Gasteiger charge is 2.28. The molecule has 0 fully saturated rings. The van der Waals surface area contributed by atoms with Gasteiger partial charge in [0.25, 0.3) is 0 Å². The molecular weight excluding hydrogens is 976 g/mol. The van der Waals surface area contributed by atoms with Gasteiger partial charge in [-0.05, 0) is 128 Å². The summed E-state index contributed by atoms with van der Waals surface area (Å²) < 4.78 is 39.5. The van der Waals surface area contributed by atoms with Crippen LogP contribution < -0.4 is 0 Å². The fraction of sp³-hybridized carbons (Fsp3) is 0.641. The third-order valence-electron chi connectivity index (χ3n) is 11.8. The lowest BCUT2D eigenvalue weighted by Gasteiger charge is -2.21. The van der Waals surface area contributed by atoms with E-state index in [0.717, 1.165) is 128 Å². The maximum Gasteiger partial charge on any atom is 0.472 e. The van der Waals surface area contributed by atoms with Gasteiger partial charge in [-0.1, -0.05) is 200 Å². The van der Waals surface area contributed by atoms with Crippen LogP contribution in [0.3, 0.4) is 0 Å². The maximum absolute atomic E-state index is 12.9. The predicted octanol–water partition coefficient (Wildman–Crippen LogP) is 17.6. The van der Waals surface area contributed by atoms with E-state index in [1.54, 1.807) is 0 Å². The van der Waals surface area contributed by atoms with E-state index in [1.807, 2.05) is 0 Å². The lowest BCUT2D eigenvalue weighted by molar-refractivity contribution is -0.161. The maximum atomic E-state index is 12.9. The summed E-state index contributed by atoms with van der Waals surface area (Å²) in [6, 6.07) is 0. The lowest BCUT2D eigenvalue weighted by atomic mass is 10.1. The Hall–Kier alpha value is -4.12. The van der Waals surface area contributed by atoms with Gasteiger partial charge in [0.15, 0.2) is 6.10 Å². The van der Waals surface area contributed by atoms with Crippen LogP contribution in [0.5, 0.6) is 0 Å². The number of rotatable bonds is 53. The molecule has 432 valence electrons. The summed E-state index contributed by atoms with van der Waals surface area (Å²) in [6.45, 7) is 4.31. The summed E-state index contributed by atoms with van der Waals surface area (Å²) in [7, 11) is -4.78. The topological polar surface area (TPSA) is 155 Å². The molecule has 11 nitrogen and oxygen atoms in total. The van der Waals surface area contributed by atoms with Crippen molar-refractivity contribution >= 4 is 25.7 Å². The summed E-state index contributed by atoms with van der Waals surface area (Å²) in [4.78, 5) is 48.6. The smallest absolute Gasteiger partial charge is 0.462 e. The Morgan fingerprint density at radius 3 is 1.11 bits per heavy atom. The van der Waals surface area contributed by atoms with Crippen molar-refractivity contribution in [2.75, 3.05) is 26.4 Å². The Morgan fingerprint density at radius 2 is 0.684 bits per heavy atom. The minimum absolute atomic E-state index is 0.112. The van der Waals surface area contributed by atoms with Gasteiger partial charge in [-0.2, -0.15) is 0 Å². The van der Waals surface area contributed by atoms with Crippen LogP contribution in [0.4, 0.5) is 0 Å². The van der Waals surface area contributed by atoms with Crippen LogP contribution in [0, 0.1) is 0 Å². The van der Waals surface area contributed by atoms with Gasteiger partial charge in [0, 0.05) is 19.3 Å². The van der Waals surface area contributed by atoms with E-state index in [1.165, 1.54) is 38.5 Å². The Balaban J connectivity index is 4.86. The highest BCUT2D eigenvalue weighted by molar-refractivity contribution is 7.47. The average Bonchev–Trinajstić information content (AvgIpc) is 3.41. The number of unbranched alkanes of at least 4 members (excludes halogenated alkanes) is 16. The second kappa shape index (κ2) is 57.1. The molecular formula is C64H105O11P. The monoisotopic (exact) mass is 1080 g/mol. The Morgan fingerprint density at radius 1 is 0.382 bits per heavy atom. The van der Waals surface area contributed by atoms with Crippen LogP contribution in [0.1, 0.15) is 226 Å². The number of hydrogen-bond donors (Lipinski definition) is 2. The number of esters is 3. The molecule has 0 saturated heterocycles. The number of hydrogen-bond acceptors (Lipinski definition) is 10. The summed E-state index contributed by atoms with van der Waals surface area (Å²) in [5.74, 6) is -1.57. The lowest BCUT2D eigenvalue weighted by Crippen LogP contribution is -2.30. The first-order chi connectivity index (χ1) is 37.2. The molecule has 3 atom stereocenters. The van der Waals surface area contributed by atoms with Gasteiger partial charge in [0.1, 0.15) is 12.7 Å². The molecule has 12 heteroatoms. The van der Waals surface area contributed by atoms with Crippen LogP contribution in [0.2, 0.25) is 0 Å². The SMILES string of the molecule is CC/C=C\C/C=C\C/C=C\C/C=C\C/C=C\CCCCCC(=O)OC(COC(=O)CCCC/C=C\C/C=C\C/C=C\C/C=C\CC)COP(=O)(O)OCC(CO)OC(=O)CCCCCCC/C=C\CCCCCCCC. The van der Waals surface area contributed by atoms with Crippen molar-refractivity contribution in [3.8, 4) is 0 Å². The number of phosphoric acid groups is 1. The van der Waals surface area contributed by atoms with Gasteiger partial charge in [-0.3, -0.25) is 23.4 Å². The van der Waals surface area contributed by atoms with Crippen LogP contribution in [0.15, 0.2) is 122 Å². The predicted molar refractivity (Wildman–Crippen MR) is 316 cm³/mol. The molecule has 3 unspecified atom stereocenters. The van der Waals surface area contributed by atoms with Crippen LogP contribution >= 0.6 is 7.82 Å². The van der Waals surface area contributed by atoms with Gasteiger partial charge >= 0.3 is 25.7 Å². The number of carbonyl (C=O) groups is 3. The first-order valence-electron chi connectivity index (χ1n) is 29.4. The second-order valence-corrected chi connectivity index (χ2v) is 20.5. The average molecular weight is 1080 g/mol. The van der Waals surface area contributed by atoms with E-state index < -0.39 is 57.8 Å². The molecule has 0 bridgehead atoms.